The molecule has 0 fully saturated rings. The van der Waals surface area contributed by atoms with Gasteiger partial charge in [0.1, 0.15) is 0 Å². The van der Waals surface area contributed by atoms with Gasteiger partial charge in [-0.1, -0.05) is 19.9 Å². The second-order valence-electron chi connectivity index (χ2n) is 7.35. The Morgan fingerprint density at radius 3 is 2.37 bits per heavy atom. The molecule has 0 aliphatic carbocycles. The molecule has 0 saturated carbocycles. The van der Waals surface area contributed by atoms with Gasteiger partial charge in [-0.3, -0.25) is 4.79 Å². The molecule has 1 amide bonds. The quantitative estimate of drug-likeness (QED) is 0.593. The van der Waals surface area contributed by atoms with Crippen molar-refractivity contribution in [1.82, 2.24) is 13.9 Å². The molecule has 1 heterocycles. The monoisotopic (exact) mass is 428 g/mol. The van der Waals surface area contributed by atoms with Crippen molar-refractivity contribution in [3.05, 3.63) is 53.9 Å². The number of aryl methyl sites for hydroxylation is 3. The zero-order valence-corrected chi connectivity index (χ0v) is 18.7. The van der Waals surface area contributed by atoms with Crippen LogP contribution < -0.4 is 5.32 Å². The topological polar surface area (TPSA) is 84.3 Å². The molecule has 0 unspecified atom stereocenters. The molecule has 3 rings (SSSR count). The second kappa shape index (κ2) is 8.97. The highest BCUT2D eigenvalue weighted by atomic mass is 32.2. The Hall–Kier alpha value is -2.71. The van der Waals surface area contributed by atoms with Gasteiger partial charge in [0.15, 0.2) is 0 Å². The lowest BCUT2D eigenvalue weighted by atomic mass is 10.1. The summed E-state index contributed by atoms with van der Waals surface area (Å²) in [6.45, 7) is 8.91. The van der Waals surface area contributed by atoms with Crippen LogP contribution in [-0.2, 0) is 21.4 Å². The number of benzene rings is 2. The largest absolute Gasteiger partial charge is 0.330 e. The summed E-state index contributed by atoms with van der Waals surface area (Å²) in [6.07, 6.45) is 1.93. The zero-order chi connectivity index (χ0) is 21.9. The van der Waals surface area contributed by atoms with E-state index in [1.165, 1.54) is 4.31 Å². The summed E-state index contributed by atoms with van der Waals surface area (Å²) in [4.78, 5) is 16.9. The molecule has 0 saturated heterocycles. The van der Waals surface area contributed by atoms with Crippen LogP contribution in [0.25, 0.3) is 11.0 Å². The minimum atomic E-state index is -3.53. The number of rotatable bonds is 8. The number of nitrogens with zero attached hydrogens (tertiary/aromatic N) is 3. The molecular formula is C22H28N4O3S. The van der Waals surface area contributed by atoms with Crippen LogP contribution in [0.3, 0.4) is 0 Å². The van der Waals surface area contributed by atoms with Crippen LogP contribution in [0.4, 0.5) is 5.69 Å². The highest BCUT2D eigenvalue weighted by molar-refractivity contribution is 7.89. The number of fused-ring (bicyclic) bond motifs is 1. The Bertz CT molecular complexity index is 1140. The van der Waals surface area contributed by atoms with Crippen molar-refractivity contribution in [2.24, 2.45) is 0 Å². The summed E-state index contributed by atoms with van der Waals surface area (Å²) in [5, 5.41) is 2.93. The van der Waals surface area contributed by atoms with Crippen LogP contribution in [0.15, 0.2) is 47.6 Å². The first kappa shape index (κ1) is 22.0. The fourth-order valence-electron chi connectivity index (χ4n) is 3.59. The third-order valence-corrected chi connectivity index (χ3v) is 7.07. The number of amides is 1. The van der Waals surface area contributed by atoms with E-state index in [1.54, 1.807) is 24.5 Å². The normalized spacial score (nSPS) is 11.9. The van der Waals surface area contributed by atoms with E-state index in [4.69, 9.17) is 0 Å². The number of nitrogens with one attached hydrogen (secondary N) is 1. The molecule has 30 heavy (non-hydrogen) atoms. The molecule has 8 heteroatoms. The molecule has 0 bridgehead atoms. The van der Waals surface area contributed by atoms with Gasteiger partial charge in [0, 0.05) is 31.7 Å². The van der Waals surface area contributed by atoms with Crippen LogP contribution >= 0.6 is 0 Å². The lowest BCUT2D eigenvalue weighted by Gasteiger charge is -2.18. The van der Waals surface area contributed by atoms with E-state index in [2.05, 4.69) is 16.4 Å². The Balaban J connectivity index is 1.72. The van der Waals surface area contributed by atoms with E-state index >= 15 is 0 Å². The zero-order valence-electron chi connectivity index (χ0n) is 17.8. The Labute approximate surface area is 177 Å². The van der Waals surface area contributed by atoms with Crippen molar-refractivity contribution in [2.45, 2.75) is 45.6 Å². The smallest absolute Gasteiger partial charge is 0.243 e. The van der Waals surface area contributed by atoms with Gasteiger partial charge < -0.3 is 9.88 Å². The number of hydrogen-bond acceptors (Lipinski definition) is 4. The molecule has 1 aromatic heterocycles. The first-order valence-electron chi connectivity index (χ1n) is 10.1. The van der Waals surface area contributed by atoms with Crippen molar-refractivity contribution in [2.75, 3.05) is 18.4 Å². The van der Waals surface area contributed by atoms with Gasteiger partial charge in [-0.15, -0.1) is 0 Å². The first-order chi connectivity index (χ1) is 14.2. The van der Waals surface area contributed by atoms with Gasteiger partial charge in [0.25, 0.3) is 0 Å². The van der Waals surface area contributed by atoms with E-state index in [9.17, 15) is 13.2 Å². The second-order valence-corrected chi connectivity index (χ2v) is 9.29. The van der Waals surface area contributed by atoms with Gasteiger partial charge in [-0.25, -0.2) is 13.4 Å². The van der Waals surface area contributed by atoms with Crippen LogP contribution in [0.1, 0.15) is 31.4 Å². The van der Waals surface area contributed by atoms with E-state index in [1.807, 2.05) is 44.4 Å². The highest BCUT2D eigenvalue weighted by Crippen LogP contribution is 2.22. The third kappa shape index (κ3) is 4.71. The minimum absolute atomic E-state index is 0.0809. The summed E-state index contributed by atoms with van der Waals surface area (Å²) < 4.78 is 28.7. The molecule has 7 nitrogen and oxygen atoms in total. The maximum atomic E-state index is 12.7. The van der Waals surface area contributed by atoms with Gasteiger partial charge in [0.05, 0.1) is 22.3 Å². The molecule has 0 atom stereocenters. The molecule has 1 N–H and O–H groups in total. The van der Waals surface area contributed by atoms with Crippen molar-refractivity contribution in [1.29, 1.82) is 0 Å². The van der Waals surface area contributed by atoms with E-state index in [0.29, 0.717) is 25.2 Å². The van der Waals surface area contributed by atoms with E-state index in [-0.39, 0.29) is 17.2 Å². The molecule has 0 aliphatic rings. The van der Waals surface area contributed by atoms with Gasteiger partial charge in [0.2, 0.25) is 15.9 Å². The number of imidazole rings is 1. The lowest BCUT2D eigenvalue weighted by molar-refractivity contribution is -0.116. The standard InChI is InChI=1S/C22H28N4O3S/c1-5-26(6-2)30(28,29)19-7-8-21-20(14-19)23-15-25(21)10-9-22(27)24-18-12-16(3)11-17(4)13-18/h7-8,11-15H,5-6,9-10H2,1-4H3,(H,24,27). The minimum Gasteiger partial charge on any atom is -0.330 e. The Morgan fingerprint density at radius 1 is 1.07 bits per heavy atom. The van der Waals surface area contributed by atoms with Crippen LogP contribution in [-0.4, -0.2) is 41.3 Å². The molecule has 160 valence electrons. The first-order valence-corrected chi connectivity index (χ1v) is 11.5. The van der Waals surface area contributed by atoms with Crippen LogP contribution in [0.5, 0.6) is 0 Å². The maximum Gasteiger partial charge on any atom is 0.243 e. The third-order valence-electron chi connectivity index (χ3n) is 5.02. The van der Waals surface area contributed by atoms with Crippen LogP contribution in [0, 0.1) is 13.8 Å². The molecule has 0 radical (unpaired) electrons. The summed E-state index contributed by atoms with van der Waals surface area (Å²) in [6, 6.07) is 10.9. The summed E-state index contributed by atoms with van der Waals surface area (Å²) in [5.41, 5.74) is 4.38. The highest BCUT2D eigenvalue weighted by Gasteiger charge is 2.22. The number of carbonyl (C=O) groups excluding carboxylic acids is 1. The van der Waals surface area contributed by atoms with E-state index in [0.717, 1.165) is 22.3 Å². The van der Waals surface area contributed by atoms with Gasteiger partial charge in [-0.05, 0) is 55.3 Å². The van der Waals surface area contributed by atoms with Crippen molar-refractivity contribution < 1.29 is 13.2 Å². The predicted octanol–water partition coefficient (Wildman–Crippen LogP) is 3.71. The van der Waals surface area contributed by atoms with Crippen molar-refractivity contribution >= 4 is 32.7 Å². The number of carbonyl (C=O) groups is 1. The number of aromatic nitrogens is 2. The van der Waals surface area contributed by atoms with Gasteiger partial charge in [-0.2, -0.15) is 4.31 Å². The Morgan fingerprint density at radius 2 is 1.73 bits per heavy atom. The molecule has 3 aromatic rings. The Kier molecular flexibility index (Phi) is 6.58. The molecule has 0 aliphatic heterocycles. The van der Waals surface area contributed by atoms with Crippen LogP contribution in [0.2, 0.25) is 0 Å². The lowest BCUT2D eigenvalue weighted by Crippen LogP contribution is -2.30. The SMILES string of the molecule is CCN(CC)S(=O)(=O)c1ccc2c(c1)ncn2CCC(=O)Nc1cc(C)cc(C)c1. The summed E-state index contributed by atoms with van der Waals surface area (Å²) in [5.74, 6) is -0.0809. The van der Waals surface area contributed by atoms with Crippen molar-refractivity contribution in [3.63, 3.8) is 0 Å². The average molecular weight is 429 g/mol. The molecule has 2 aromatic carbocycles. The number of hydrogen-bond donors (Lipinski definition) is 1. The van der Waals surface area contributed by atoms with E-state index < -0.39 is 10.0 Å². The average Bonchev–Trinajstić information content (AvgIpc) is 3.08. The van der Waals surface area contributed by atoms with Gasteiger partial charge >= 0.3 is 0 Å². The summed E-state index contributed by atoms with van der Waals surface area (Å²) in [7, 11) is -3.53. The summed E-state index contributed by atoms with van der Waals surface area (Å²) >= 11 is 0. The molecular weight excluding hydrogens is 400 g/mol. The fraction of sp³-hybridized carbons (Fsp3) is 0.364. The fourth-order valence-corrected chi connectivity index (χ4v) is 5.07. The maximum absolute atomic E-state index is 12.7. The number of sulfonamides is 1. The number of anilines is 1. The predicted molar refractivity (Wildman–Crippen MR) is 119 cm³/mol. The molecule has 0 spiro atoms. The van der Waals surface area contributed by atoms with Crippen molar-refractivity contribution in [3.8, 4) is 0 Å².